The van der Waals surface area contributed by atoms with Crippen molar-refractivity contribution < 1.29 is 4.79 Å². The fraction of sp³-hybridized carbons (Fsp3) is 0.409. The molecule has 2 aromatic rings. The van der Waals surface area contributed by atoms with Gasteiger partial charge in [-0.25, -0.2) is 4.79 Å². The number of nitrogens with one attached hydrogen (secondary N) is 1. The average molecular weight is 368 g/mol. The van der Waals surface area contributed by atoms with Crippen molar-refractivity contribution in [2.75, 3.05) is 0 Å². The second kappa shape index (κ2) is 8.33. The van der Waals surface area contributed by atoms with E-state index in [0.717, 1.165) is 16.7 Å². The molecule has 0 unspecified atom stereocenters. The number of rotatable bonds is 6. The Kier molecular flexibility index (Phi) is 6.37. The standard InChI is InChI=1S/C22H28N2O3/c1-13(2)8-7-9-24-19(18(14(3)4)21(26)23-22(24)27)20(25)17-11-15(5)10-16(6)12-17/h8,10-12,14H,7,9H2,1-6H3,(H,23,26,27). The molecule has 0 saturated heterocycles. The van der Waals surface area contributed by atoms with Gasteiger partial charge in [0.25, 0.3) is 5.56 Å². The maximum Gasteiger partial charge on any atom is 0.328 e. The van der Waals surface area contributed by atoms with Crippen LogP contribution in [0.5, 0.6) is 0 Å². The lowest BCUT2D eigenvalue weighted by molar-refractivity contribution is 0.102. The second-order valence-corrected chi connectivity index (χ2v) is 7.60. The number of aromatic nitrogens is 2. The lowest BCUT2D eigenvalue weighted by Gasteiger charge is -2.17. The number of benzene rings is 1. The molecule has 0 spiro atoms. The smallest absolute Gasteiger partial charge is 0.289 e. The Balaban J connectivity index is 2.73. The van der Waals surface area contributed by atoms with Crippen LogP contribution in [0.2, 0.25) is 0 Å². The zero-order valence-corrected chi connectivity index (χ0v) is 17.0. The van der Waals surface area contributed by atoms with E-state index in [-0.39, 0.29) is 17.4 Å². The lowest BCUT2D eigenvalue weighted by Crippen LogP contribution is -2.38. The van der Waals surface area contributed by atoms with Gasteiger partial charge in [-0.3, -0.25) is 19.1 Å². The zero-order valence-electron chi connectivity index (χ0n) is 17.0. The van der Waals surface area contributed by atoms with Crippen LogP contribution in [-0.4, -0.2) is 15.3 Å². The molecule has 1 N–H and O–H groups in total. The monoisotopic (exact) mass is 368 g/mol. The minimum atomic E-state index is -0.542. The normalized spacial score (nSPS) is 10.9. The molecule has 0 bridgehead atoms. The molecule has 1 aromatic carbocycles. The number of nitrogens with zero attached hydrogens (tertiary/aromatic N) is 1. The van der Waals surface area contributed by atoms with Gasteiger partial charge in [0.2, 0.25) is 5.78 Å². The molecule has 0 saturated carbocycles. The number of H-pyrrole nitrogens is 1. The topological polar surface area (TPSA) is 71.9 Å². The predicted molar refractivity (Wildman–Crippen MR) is 109 cm³/mol. The molecule has 5 heteroatoms. The first-order valence-corrected chi connectivity index (χ1v) is 9.25. The van der Waals surface area contributed by atoms with E-state index >= 15 is 0 Å². The highest BCUT2D eigenvalue weighted by Gasteiger charge is 2.24. The highest BCUT2D eigenvalue weighted by atomic mass is 16.2. The summed E-state index contributed by atoms with van der Waals surface area (Å²) in [5.41, 5.74) is 3.09. The average Bonchev–Trinajstić information content (AvgIpc) is 2.54. The van der Waals surface area contributed by atoms with E-state index in [0.29, 0.717) is 24.1 Å². The fourth-order valence-electron chi connectivity index (χ4n) is 3.31. The Bertz CT molecular complexity index is 983. The van der Waals surface area contributed by atoms with E-state index < -0.39 is 11.2 Å². The Labute approximate surface area is 159 Å². The third kappa shape index (κ3) is 4.73. The van der Waals surface area contributed by atoms with Gasteiger partial charge in [0, 0.05) is 17.7 Å². The largest absolute Gasteiger partial charge is 0.328 e. The summed E-state index contributed by atoms with van der Waals surface area (Å²) in [6, 6.07) is 5.58. The number of allylic oxidation sites excluding steroid dienone is 2. The SMILES string of the molecule is CC(C)=CCCn1c(C(=O)c2cc(C)cc(C)c2)c(C(C)C)c(=O)[nH]c1=O. The van der Waals surface area contributed by atoms with Gasteiger partial charge in [0.1, 0.15) is 5.69 Å². The Morgan fingerprint density at radius 1 is 1.11 bits per heavy atom. The van der Waals surface area contributed by atoms with Crippen molar-refractivity contribution in [1.29, 1.82) is 0 Å². The molecule has 0 fully saturated rings. The second-order valence-electron chi connectivity index (χ2n) is 7.60. The molecule has 27 heavy (non-hydrogen) atoms. The summed E-state index contributed by atoms with van der Waals surface area (Å²) in [6.45, 7) is 11.9. The molecule has 5 nitrogen and oxygen atoms in total. The van der Waals surface area contributed by atoms with E-state index in [9.17, 15) is 14.4 Å². The first kappa shape index (κ1) is 20.6. The third-order valence-corrected chi connectivity index (χ3v) is 4.42. The van der Waals surface area contributed by atoms with Crippen LogP contribution < -0.4 is 11.2 Å². The van der Waals surface area contributed by atoms with Crippen LogP contribution in [0.4, 0.5) is 0 Å². The Morgan fingerprint density at radius 2 is 1.70 bits per heavy atom. The summed E-state index contributed by atoms with van der Waals surface area (Å²) in [7, 11) is 0. The van der Waals surface area contributed by atoms with E-state index in [1.165, 1.54) is 4.57 Å². The highest BCUT2D eigenvalue weighted by Crippen LogP contribution is 2.20. The van der Waals surface area contributed by atoms with Crippen LogP contribution in [0.3, 0.4) is 0 Å². The number of carbonyl (C=O) groups excluding carboxylic acids is 1. The summed E-state index contributed by atoms with van der Waals surface area (Å²) in [5, 5.41) is 0. The quantitative estimate of drug-likeness (QED) is 0.621. The van der Waals surface area contributed by atoms with E-state index in [1.54, 1.807) is 12.1 Å². The Morgan fingerprint density at radius 3 is 2.22 bits per heavy atom. The molecular formula is C22H28N2O3. The maximum absolute atomic E-state index is 13.4. The first-order valence-electron chi connectivity index (χ1n) is 9.25. The van der Waals surface area contributed by atoms with Gasteiger partial charge in [-0.05, 0) is 52.2 Å². The van der Waals surface area contributed by atoms with E-state index in [1.807, 2.05) is 53.7 Å². The molecule has 0 amide bonds. The maximum atomic E-state index is 13.4. The van der Waals surface area contributed by atoms with Gasteiger partial charge >= 0.3 is 5.69 Å². The van der Waals surface area contributed by atoms with Crippen LogP contribution in [0, 0.1) is 13.8 Å². The highest BCUT2D eigenvalue weighted by molar-refractivity contribution is 6.09. The van der Waals surface area contributed by atoms with E-state index in [4.69, 9.17) is 0 Å². The van der Waals surface area contributed by atoms with Crippen LogP contribution >= 0.6 is 0 Å². The minimum Gasteiger partial charge on any atom is -0.289 e. The van der Waals surface area contributed by atoms with Crippen LogP contribution in [0.1, 0.15) is 72.8 Å². The number of aryl methyl sites for hydroxylation is 2. The molecule has 0 radical (unpaired) electrons. The summed E-state index contributed by atoms with van der Waals surface area (Å²) in [4.78, 5) is 40.7. The molecule has 0 aliphatic carbocycles. The van der Waals surface area contributed by atoms with Crippen LogP contribution in [0.25, 0.3) is 0 Å². The molecule has 0 aliphatic rings. The van der Waals surface area contributed by atoms with Crippen molar-refractivity contribution in [2.45, 2.75) is 60.4 Å². The molecule has 1 aromatic heterocycles. The van der Waals surface area contributed by atoms with Crippen molar-refractivity contribution in [3.63, 3.8) is 0 Å². The first-order chi connectivity index (χ1) is 12.6. The Hall–Kier alpha value is -2.69. The van der Waals surface area contributed by atoms with Crippen molar-refractivity contribution in [3.05, 3.63) is 78.6 Å². The molecule has 0 aliphatic heterocycles. The van der Waals surface area contributed by atoms with Gasteiger partial charge in [-0.2, -0.15) is 0 Å². The van der Waals surface area contributed by atoms with Crippen LogP contribution in [0.15, 0.2) is 39.4 Å². The molecule has 144 valence electrons. The van der Waals surface area contributed by atoms with Crippen LogP contribution in [-0.2, 0) is 6.54 Å². The molecule has 2 rings (SSSR count). The number of aromatic amines is 1. The van der Waals surface area contributed by atoms with Crippen molar-refractivity contribution >= 4 is 5.78 Å². The van der Waals surface area contributed by atoms with Gasteiger partial charge in [-0.1, -0.05) is 42.7 Å². The van der Waals surface area contributed by atoms with Gasteiger partial charge in [0.05, 0.1) is 0 Å². The summed E-state index contributed by atoms with van der Waals surface area (Å²) >= 11 is 0. The molecule has 1 heterocycles. The third-order valence-electron chi connectivity index (χ3n) is 4.42. The van der Waals surface area contributed by atoms with Gasteiger partial charge < -0.3 is 0 Å². The van der Waals surface area contributed by atoms with Crippen molar-refractivity contribution in [1.82, 2.24) is 9.55 Å². The number of carbonyl (C=O) groups is 1. The summed E-state index contributed by atoms with van der Waals surface area (Å²) in [5.74, 6) is -0.472. The fourth-order valence-corrected chi connectivity index (χ4v) is 3.31. The minimum absolute atomic E-state index is 0.186. The summed E-state index contributed by atoms with van der Waals surface area (Å²) < 4.78 is 1.41. The van der Waals surface area contributed by atoms with Gasteiger partial charge in [0.15, 0.2) is 0 Å². The number of hydrogen-bond donors (Lipinski definition) is 1. The number of hydrogen-bond acceptors (Lipinski definition) is 3. The number of ketones is 1. The molecule has 0 atom stereocenters. The van der Waals surface area contributed by atoms with Gasteiger partial charge in [-0.15, -0.1) is 0 Å². The zero-order chi connectivity index (χ0) is 20.3. The van der Waals surface area contributed by atoms with Crippen molar-refractivity contribution in [3.8, 4) is 0 Å². The van der Waals surface area contributed by atoms with E-state index in [2.05, 4.69) is 4.98 Å². The predicted octanol–water partition coefficient (Wildman–Crippen LogP) is 3.86. The summed E-state index contributed by atoms with van der Waals surface area (Å²) in [6.07, 6.45) is 2.62. The molecular weight excluding hydrogens is 340 g/mol. The lowest BCUT2D eigenvalue weighted by atomic mass is 9.95. The van der Waals surface area contributed by atoms with Crippen molar-refractivity contribution in [2.24, 2.45) is 0 Å².